The van der Waals surface area contributed by atoms with Crippen LogP contribution in [0.3, 0.4) is 0 Å². The van der Waals surface area contributed by atoms with Gasteiger partial charge >= 0.3 is 0 Å². The molecule has 2 aromatic rings. The third-order valence-corrected chi connectivity index (χ3v) is 3.21. The minimum absolute atomic E-state index is 0.0892. The highest BCUT2D eigenvalue weighted by molar-refractivity contribution is 7.17. The molecule has 0 fully saturated rings. The fraction of sp³-hybridized carbons (Fsp3) is 0.182. The van der Waals surface area contributed by atoms with Crippen molar-refractivity contribution in [1.29, 1.82) is 0 Å². The van der Waals surface area contributed by atoms with E-state index in [1.165, 1.54) is 11.3 Å². The zero-order valence-corrected chi connectivity index (χ0v) is 9.34. The van der Waals surface area contributed by atoms with Crippen LogP contribution in [0.4, 0.5) is 0 Å². The van der Waals surface area contributed by atoms with Gasteiger partial charge in [-0.05, 0) is 38.1 Å². The maximum atomic E-state index is 11.1. The molecule has 0 N–H and O–H groups in total. The first kappa shape index (κ1) is 9.98. The minimum atomic E-state index is 0.0892. The van der Waals surface area contributed by atoms with Gasteiger partial charge in [-0.15, -0.1) is 16.4 Å². The molecule has 4 heteroatoms. The average Bonchev–Trinajstić information content (AvgIpc) is 2.68. The summed E-state index contributed by atoms with van der Waals surface area (Å²) in [5, 5.41) is 8.05. The lowest BCUT2D eigenvalue weighted by Crippen LogP contribution is -1.87. The van der Waals surface area contributed by atoms with Crippen LogP contribution in [0.5, 0.6) is 0 Å². The number of aryl methyl sites for hydroxylation is 1. The molecule has 76 valence electrons. The number of aromatic nitrogens is 2. The number of carbonyl (C=O) groups is 1. The van der Waals surface area contributed by atoms with Crippen LogP contribution >= 0.6 is 11.3 Å². The lowest BCUT2D eigenvalue weighted by Gasteiger charge is -1.94. The number of thiophene rings is 1. The van der Waals surface area contributed by atoms with Crippen molar-refractivity contribution in [1.82, 2.24) is 10.2 Å². The molecule has 0 amide bonds. The molecule has 3 nitrogen and oxygen atoms in total. The van der Waals surface area contributed by atoms with E-state index in [0.717, 1.165) is 21.1 Å². The molecule has 2 heterocycles. The van der Waals surface area contributed by atoms with Gasteiger partial charge in [-0.3, -0.25) is 4.79 Å². The summed E-state index contributed by atoms with van der Waals surface area (Å²) in [5.41, 5.74) is 1.71. The first-order valence-corrected chi connectivity index (χ1v) is 5.40. The van der Waals surface area contributed by atoms with Gasteiger partial charge in [0, 0.05) is 0 Å². The molecule has 0 saturated carbocycles. The Kier molecular flexibility index (Phi) is 2.60. The molecule has 0 aliphatic heterocycles. The van der Waals surface area contributed by atoms with Crippen molar-refractivity contribution in [2.24, 2.45) is 0 Å². The number of ketones is 1. The summed E-state index contributed by atoms with van der Waals surface area (Å²) in [6, 6.07) is 7.55. The molecule has 0 aromatic carbocycles. The lowest BCUT2D eigenvalue weighted by molar-refractivity contribution is 0.102. The molecule has 2 rings (SSSR count). The average molecular weight is 218 g/mol. The predicted octanol–water partition coefficient (Wildman–Crippen LogP) is 2.72. The van der Waals surface area contributed by atoms with Crippen molar-refractivity contribution in [2.75, 3.05) is 0 Å². The number of carbonyl (C=O) groups excluding carboxylic acids is 1. The van der Waals surface area contributed by atoms with E-state index in [0.29, 0.717) is 0 Å². The summed E-state index contributed by atoms with van der Waals surface area (Å²) < 4.78 is 0. The van der Waals surface area contributed by atoms with Crippen LogP contribution in [0.2, 0.25) is 0 Å². The topological polar surface area (TPSA) is 42.9 Å². The highest BCUT2D eigenvalue weighted by atomic mass is 32.1. The fourth-order valence-electron chi connectivity index (χ4n) is 1.20. The smallest absolute Gasteiger partial charge is 0.169 e. The molecule has 0 atom stereocenters. The van der Waals surface area contributed by atoms with Crippen LogP contribution in [0.15, 0.2) is 24.3 Å². The first-order valence-electron chi connectivity index (χ1n) is 4.58. The Morgan fingerprint density at radius 2 is 2.00 bits per heavy atom. The monoisotopic (exact) mass is 218 g/mol. The third-order valence-electron chi connectivity index (χ3n) is 2.00. The highest BCUT2D eigenvalue weighted by Gasteiger charge is 2.07. The van der Waals surface area contributed by atoms with Crippen LogP contribution in [0.25, 0.3) is 10.6 Å². The van der Waals surface area contributed by atoms with E-state index in [4.69, 9.17) is 0 Å². The molecular weight excluding hydrogens is 208 g/mol. The van der Waals surface area contributed by atoms with E-state index >= 15 is 0 Å². The number of Topliss-reactive ketones (excluding diaryl/α,β-unsaturated/α-hetero) is 1. The van der Waals surface area contributed by atoms with Crippen molar-refractivity contribution < 1.29 is 4.79 Å². The summed E-state index contributed by atoms with van der Waals surface area (Å²) >= 11 is 1.45. The molecule has 2 aromatic heterocycles. The highest BCUT2D eigenvalue weighted by Crippen LogP contribution is 2.26. The van der Waals surface area contributed by atoms with Crippen LogP contribution in [-0.4, -0.2) is 16.0 Å². The molecule has 0 radical (unpaired) electrons. The molecule has 15 heavy (non-hydrogen) atoms. The molecule has 0 spiro atoms. The number of rotatable bonds is 2. The Bertz CT molecular complexity index is 488. The minimum Gasteiger partial charge on any atom is -0.294 e. The summed E-state index contributed by atoms with van der Waals surface area (Å²) in [6.07, 6.45) is 0. The Labute approximate surface area is 91.8 Å². The molecule has 0 aliphatic rings. The maximum Gasteiger partial charge on any atom is 0.169 e. The Balaban J connectivity index is 2.37. The molecule has 0 unspecified atom stereocenters. The second-order valence-electron chi connectivity index (χ2n) is 3.28. The number of hydrogen-bond acceptors (Lipinski definition) is 4. The molecule has 0 bridgehead atoms. The van der Waals surface area contributed by atoms with Crippen molar-refractivity contribution in [3.05, 3.63) is 34.8 Å². The van der Waals surface area contributed by atoms with Crippen molar-refractivity contribution in [2.45, 2.75) is 13.8 Å². The second kappa shape index (κ2) is 3.90. The normalized spacial score (nSPS) is 10.3. The fourth-order valence-corrected chi connectivity index (χ4v) is 2.06. The first-order chi connectivity index (χ1) is 7.16. The second-order valence-corrected chi connectivity index (χ2v) is 4.36. The van der Waals surface area contributed by atoms with Gasteiger partial charge in [0.15, 0.2) is 5.78 Å². The molecule has 0 aliphatic carbocycles. The van der Waals surface area contributed by atoms with E-state index < -0.39 is 0 Å². The quantitative estimate of drug-likeness (QED) is 0.728. The maximum absolute atomic E-state index is 11.1. The van der Waals surface area contributed by atoms with Gasteiger partial charge in [-0.2, -0.15) is 5.10 Å². The van der Waals surface area contributed by atoms with Gasteiger partial charge in [-0.1, -0.05) is 0 Å². The van der Waals surface area contributed by atoms with Gasteiger partial charge in [0.1, 0.15) is 5.69 Å². The summed E-state index contributed by atoms with van der Waals surface area (Å²) in [6.45, 7) is 3.46. The Morgan fingerprint density at radius 3 is 2.53 bits per heavy atom. The summed E-state index contributed by atoms with van der Waals surface area (Å²) in [7, 11) is 0. The molecule has 0 saturated heterocycles. The van der Waals surface area contributed by atoms with Crippen molar-refractivity contribution in [3.63, 3.8) is 0 Å². The number of hydrogen-bond donors (Lipinski definition) is 0. The van der Waals surface area contributed by atoms with Crippen LogP contribution in [0, 0.1) is 6.92 Å². The van der Waals surface area contributed by atoms with Crippen LogP contribution < -0.4 is 0 Å². The van der Waals surface area contributed by atoms with Gasteiger partial charge in [-0.25, -0.2) is 0 Å². The zero-order chi connectivity index (χ0) is 10.8. The van der Waals surface area contributed by atoms with Gasteiger partial charge in [0.2, 0.25) is 0 Å². The van der Waals surface area contributed by atoms with Crippen molar-refractivity contribution >= 4 is 17.1 Å². The van der Waals surface area contributed by atoms with Crippen molar-refractivity contribution in [3.8, 4) is 10.6 Å². The van der Waals surface area contributed by atoms with Crippen LogP contribution in [0.1, 0.15) is 22.3 Å². The zero-order valence-electron chi connectivity index (χ0n) is 8.52. The van der Waals surface area contributed by atoms with E-state index in [1.54, 1.807) is 6.92 Å². The van der Waals surface area contributed by atoms with E-state index in [2.05, 4.69) is 10.2 Å². The van der Waals surface area contributed by atoms with Gasteiger partial charge < -0.3 is 0 Å². The molecular formula is C11H10N2OS. The summed E-state index contributed by atoms with van der Waals surface area (Å²) in [4.78, 5) is 12.9. The van der Waals surface area contributed by atoms with E-state index in [1.807, 2.05) is 31.2 Å². The largest absolute Gasteiger partial charge is 0.294 e. The SMILES string of the molecule is CC(=O)c1ccc(-c2ccc(C)nn2)s1. The standard InChI is InChI=1S/C11H10N2OS/c1-7-3-4-9(13-12-7)11-6-5-10(15-11)8(2)14/h3-6H,1-2H3. The Morgan fingerprint density at radius 1 is 1.20 bits per heavy atom. The van der Waals surface area contributed by atoms with Gasteiger partial charge in [0.25, 0.3) is 0 Å². The van der Waals surface area contributed by atoms with Gasteiger partial charge in [0.05, 0.1) is 15.4 Å². The summed E-state index contributed by atoms with van der Waals surface area (Å²) in [5.74, 6) is 0.0892. The lowest BCUT2D eigenvalue weighted by atomic mass is 10.3. The Hall–Kier alpha value is -1.55. The van der Waals surface area contributed by atoms with E-state index in [-0.39, 0.29) is 5.78 Å². The number of nitrogens with zero attached hydrogens (tertiary/aromatic N) is 2. The predicted molar refractivity (Wildman–Crippen MR) is 60.1 cm³/mol. The third kappa shape index (κ3) is 2.10. The van der Waals surface area contributed by atoms with E-state index in [9.17, 15) is 4.79 Å². The van der Waals surface area contributed by atoms with Crippen LogP contribution in [-0.2, 0) is 0 Å².